The topological polar surface area (TPSA) is 89.5 Å². The van der Waals surface area contributed by atoms with Crippen molar-refractivity contribution < 1.29 is 38.0 Å². The fourth-order valence-electron chi connectivity index (χ4n) is 9.41. The third-order valence-corrected chi connectivity index (χ3v) is 14.1. The van der Waals surface area contributed by atoms with Crippen LogP contribution in [-0.4, -0.2) is 63.8 Å². The highest BCUT2D eigenvalue weighted by atomic mass is 35.5. The molecule has 8 nitrogen and oxygen atoms in total. The summed E-state index contributed by atoms with van der Waals surface area (Å²) in [5, 5.41) is 3.63. The van der Waals surface area contributed by atoms with Crippen molar-refractivity contribution in [3.8, 4) is 11.5 Å². The van der Waals surface area contributed by atoms with Crippen LogP contribution in [0.25, 0.3) is 21.5 Å². The third kappa shape index (κ3) is 28.8. The van der Waals surface area contributed by atoms with E-state index in [0.29, 0.717) is 40.9 Å². The second-order valence-electron chi connectivity index (χ2n) is 20.9. The first-order valence-corrected chi connectivity index (χ1v) is 29.8. The van der Waals surface area contributed by atoms with E-state index in [1.54, 1.807) is 13.8 Å². The Morgan fingerprint density at radius 1 is 0.425 bits per heavy atom. The van der Waals surface area contributed by atoms with Crippen LogP contribution in [-0.2, 0) is 28.5 Å². The van der Waals surface area contributed by atoms with Crippen LogP contribution in [0.4, 0.5) is 0 Å². The van der Waals surface area contributed by atoms with Crippen LogP contribution >= 0.6 is 11.6 Å². The number of benzene rings is 3. The maximum absolute atomic E-state index is 12.8. The summed E-state index contributed by atoms with van der Waals surface area (Å²) in [6.07, 6.45) is 40.7. The zero-order valence-electron chi connectivity index (χ0n) is 46.6. The van der Waals surface area contributed by atoms with Crippen molar-refractivity contribution in [3.63, 3.8) is 0 Å². The molecule has 0 fully saturated rings. The van der Waals surface area contributed by atoms with Crippen LogP contribution in [0.15, 0.2) is 66.8 Å². The Balaban J connectivity index is 1.50. The number of halogens is 1. The molecule has 73 heavy (non-hydrogen) atoms. The van der Waals surface area contributed by atoms with Gasteiger partial charge in [-0.2, -0.15) is 0 Å². The highest BCUT2D eigenvalue weighted by Gasteiger charge is 2.23. The van der Waals surface area contributed by atoms with Crippen LogP contribution < -0.4 is 9.47 Å². The maximum atomic E-state index is 12.8. The van der Waals surface area contributed by atoms with E-state index >= 15 is 0 Å². The number of unbranched alkanes of at least 4 members (excludes halogenated alkanes) is 30. The molecule has 3 aromatic carbocycles. The number of carbonyl (C=O) groups is 2. The Kier molecular flexibility index (Phi) is 36.3. The first kappa shape index (κ1) is 63.7. The second kappa shape index (κ2) is 41.6. The van der Waals surface area contributed by atoms with E-state index in [1.165, 1.54) is 180 Å². The molecule has 0 aromatic heterocycles. The molecule has 2 atom stereocenters. The second-order valence-corrected chi connectivity index (χ2v) is 21.3. The molecular weight excluding hydrogens is 932 g/mol. The highest BCUT2D eigenvalue weighted by Crippen LogP contribution is 2.44. The Morgan fingerprint density at radius 3 is 1.05 bits per heavy atom. The van der Waals surface area contributed by atoms with Crippen LogP contribution in [0.3, 0.4) is 0 Å². The molecule has 9 heteroatoms. The largest absolute Gasteiger partial charge is 0.488 e. The molecule has 0 heterocycles. The Hall–Kier alpha value is -3.59. The molecule has 0 saturated heterocycles. The molecule has 412 valence electrons. The minimum absolute atomic E-state index is 0.0550. The molecule has 0 aliphatic rings. The molecule has 0 spiro atoms. The lowest BCUT2D eigenvalue weighted by molar-refractivity contribution is -0.150. The lowest BCUT2D eigenvalue weighted by Crippen LogP contribution is -2.30. The molecule has 0 saturated carbocycles. The fourth-order valence-corrected chi connectivity index (χ4v) is 9.58. The summed E-state index contributed by atoms with van der Waals surface area (Å²) in [7, 11) is 0. The number of hydrogen-bond donors (Lipinski definition) is 0. The van der Waals surface area contributed by atoms with Gasteiger partial charge >= 0.3 is 11.9 Å². The van der Waals surface area contributed by atoms with Crippen molar-refractivity contribution in [3.05, 3.63) is 71.8 Å². The SMILES string of the molecule is C=C(C)C(=O)OC(COCCCCCCCCCCCCCCCCCC)COc1c2ccccc2c(OCC(COCCCCCCCCCCCCCCCCCC)OC(=O)C(=C)C)c2cc(Cl)ccc12. The average molecular weight is 1030 g/mol. The summed E-state index contributed by atoms with van der Waals surface area (Å²) in [5.74, 6) is 0.219. The summed E-state index contributed by atoms with van der Waals surface area (Å²) in [5.41, 5.74) is 0.623. The average Bonchev–Trinajstić information content (AvgIpc) is 3.38. The number of rotatable bonds is 48. The smallest absolute Gasteiger partial charge is 0.333 e. The van der Waals surface area contributed by atoms with Crippen molar-refractivity contribution in [1.82, 2.24) is 0 Å². The van der Waals surface area contributed by atoms with Crippen LogP contribution in [0.1, 0.15) is 233 Å². The van der Waals surface area contributed by atoms with Gasteiger partial charge in [0, 0.05) is 50.9 Å². The molecule has 3 aromatic rings. The maximum Gasteiger partial charge on any atom is 0.333 e. The summed E-state index contributed by atoms with van der Waals surface area (Å²) in [6.45, 7) is 17.1. The monoisotopic (exact) mass is 1030 g/mol. The third-order valence-electron chi connectivity index (χ3n) is 13.9. The number of carbonyl (C=O) groups excluding carboxylic acids is 2. The van der Waals surface area contributed by atoms with Gasteiger partial charge in [0.15, 0.2) is 12.2 Å². The van der Waals surface area contributed by atoms with Crippen molar-refractivity contribution in [2.24, 2.45) is 0 Å². The van der Waals surface area contributed by atoms with Gasteiger partial charge in [0.25, 0.3) is 0 Å². The van der Waals surface area contributed by atoms with Gasteiger partial charge in [0.05, 0.1) is 13.2 Å². The van der Waals surface area contributed by atoms with Gasteiger partial charge in [-0.05, 0) is 44.9 Å². The Morgan fingerprint density at radius 2 is 0.726 bits per heavy atom. The van der Waals surface area contributed by atoms with Crippen molar-refractivity contribution in [1.29, 1.82) is 0 Å². The van der Waals surface area contributed by atoms with Gasteiger partial charge in [-0.15, -0.1) is 0 Å². The van der Waals surface area contributed by atoms with E-state index in [2.05, 4.69) is 27.0 Å². The number of hydrogen-bond acceptors (Lipinski definition) is 8. The summed E-state index contributed by atoms with van der Waals surface area (Å²) in [6, 6.07) is 13.4. The van der Waals surface area contributed by atoms with E-state index in [0.717, 1.165) is 47.2 Å². The van der Waals surface area contributed by atoms with Gasteiger partial charge in [0.2, 0.25) is 0 Å². The van der Waals surface area contributed by atoms with Gasteiger partial charge in [-0.25, -0.2) is 9.59 Å². The van der Waals surface area contributed by atoms with Gasteiger partial charge in [-0.1, -0.05) is 255 Å². The molecule has 0 N–H and O–H groups in total. The molecule has 0 amide bonds. The predicted octanol–water partition coefficient (Wildman–Crippen LogP) is 18.9. The minimum atomic E-state index is -0.669. The van der Waals surface area contributed by atoms with Crippen LogP contribution in [0.5, 0.6) is 11.5 Å². The molecule has 0 bridgehead atoms. The van der Waals surface area contributed by atoms with E-state index in [9.17, 15) is 9.59 Å². The molecule has 2 unspecified atom stereocenters. The number of fused-ring (bicyclic) bond motifs is 2. The normalized spacial score (nSPS) is 12.3. The lowest BCUT2D eigenvalue weighted by Gasteiger charge is -2.23. The van der Waals surface area contributed by atoms with E-state index in [1.807, 2.05) is 42.5 Å². The van der Waals surface area contributed by atoms with Gasteiger partial charge in [0.1, 0.15) is 24.7 Å². The quantitative estimate of drug-likeness (QED) is 0.0239. The first-order chi connectivity index (χ1) is 35.7. The standard InChI is InChI=1S/C64H101ClO8/c1-7-9-11-13-15-17-19-21-23-25-27-29-31-33-35-39-45-68-48-55(72-63(66)52(3)4)50-70-61-57-41-37-38-42-58(57)62(60-47-54(65)43-44-59(60)61)71-51-56(73-64(67)53(5)6)49-69-46-40-36-34-32-30-28-26-24-22-20-18-16-14-12-10-8-2/h37-38,41-44,47,55-56H,3,5,7-36,39-40,45-46,48-51H2,1-2,4,6H3. The predicted molar refractivity (Wildman–Crippen MR) is 308 cm³/mol. The zero-order chi connectivity index (χ0) is 52.6. The number of esters is 2. The molecule has 0 aliphatic heterocycles. The minimum Gasteiger partial charge on any atom is -0.488 e. The van der Waals surface area contributed by atoms with Gasteiger partial charge in [-0.3, -0.25) is 0 Å². The molecule has 0 radical (unpaired) electrons. The van der Waals surface area contributed by atoms with E-state index in [-0.39, 0.29) is 26.4 Å². The lowest BCUT2D eigenvalue weighted by atomic mass is 10.0. The Labute approximate surface area is 449 Å². The Bertz CT molecular complexity index is 1940. The van der Waals surface area contributed by atoms with Crippen molar-refractivity contribution >= 4 is 45.1 Å². The molecule has 3 rings (SSSR count). The van der Waals surface area contributed by atoms with Crippen LogP contribution in [0, 0.1) is 0 Å². The van der Waals surface area contributed by atoms with E-state index < -0.39 is 24.1 Å². The van der Waals surface area contributed by atoms with E-state index in [4.69, 9.17) is 40.0 Å². The molecular formula is C64H101ClO8. The highest BCUT2D eigenvalue weighted by molar-refractivity contribution is 6.31. The zero-order valence-corrected chi connectivity index (χ0v) is 47.4. The molecule has 0 aliphatic carbocycles. The van der Waals surface area contributed by atoms with Crippen LogP contribution in [0.2, 0.25) is 5.02 Å². The first-order valence-electron chi connectivity index (χ1n) is 29.4. The van der Waals surface area contributed by atoms with Gasteiger partial charge < -0.3 is 28.4 Å². The summed E-state index contributed by atoms with van der Waals surface area (Å²) >= 11 is 6.65. The number of ether oxygens (including phenoxy) is 6. The van der Waals surface area contributed by atoms with Crippen molar-refractivity contribution in [2.45, 2.75) is 245 Å². The summed E-state index contributed by atoms with van der Waals surface area (Å²) in [4.78, 5) is 25.6. The fraction of sp³-hybridized carbons (Fsp3) is 0.688. The summed E-state index contributed by atoms with van der Waals surface area (Å²) < 4.78 is 37.2. The van der Waals surface area contributed by atoms with Crippen molar-refractivity contribution in [2.75, 3.05) is 39.6 Å².